The first-order valence-electron chi connectivity index (χ1n) is 10.3. The lowest BCUT2D eigenvalue weighted by Gasteiger charge is -2.12. The number of aromatic nitrogens is 4. The van der Waals surface area contributed by atoms with Crippen LogP contribution >= 0.6 is 11.6 Å². The summed E-state index contributed by atoms with van der Waals surface area (Å²) in [5, 5.41) is 13.1. The predicted molar refractivity (Wildman–Crippen MR) is 127 cm³/mol. The van der Waals surface area contributed by atoms with Gasteiger partial charge in [0.05, 0.1) is 16.1 Å². The molecule has 8 heteroatoms. The second-order valence-electron chi connectivity index (χ2n) is 7.40. The number of nitrogens with one attached hydrogen (secondary N) is 1. The number of fused-ring (bicyclic) bond motifs is 2. The number of pyridine rings is 1. The summed E-state index contributed by atoms with van der Waals surface area (Å²) in [6.45, 7) is 0.487. The van der Waals surface area contributed by atoms with E-state index in [-0.39, 0.29) is 16.3 Å². The van der Waals surface area contributed by atoms with E-state index < -0.39 is 5.91 Å². The lowest BCUT2D eigenvalue weighted by Crippen LogP contribution is -2.18. The van der Waals surface area contributed by atoms with Crippen LogP contribution in [0.2, 0.25) is 5.02 Å². The molecule has 0 radical (unpaired) electrons. The molecule has 7 nitrogen and oxygen atoms in total. The van der Waals surface area contributed by atoms with E-state index in [1.54, 1.807) is 12.1 Å². The van der Waals surface area contributed by atoms with Crippen LogP contribution in [-0.4, -0.2) is 25.4 Å². The summed E-state index contributed by atoms with van der Waals surface area (Å²) in [7, 11) is 0. The Morgan fingerprint density at radius 2 is 1.73 bits per heavy atom. The van der Waals surface area contributed by atoms with Crippen molar-refractivity contribution in [2.45, 2.75) is 13.0 Å². The number of nitrogens with zero attached hydrogens (tertiary/aromatic N) is 5. The van der Waals surface area contributed by atoms with E-state index >= 15 is 0 Å². The van der Waals surface area contributed by atoms with Crippen LogP contribution in [0, 0.1) is 11.3 Å². The molecule has 0 aliphatic carbocycles. The minimum Gasteiger partial charge on any atom is -0.309 e. The molecule has 0 bridgehead atoms. The van der Waals surface area contributed by atoms with Gasteiger partial charge in [0, 0.05) is 12.7 Å². The van der Waals surface area contributed by atoms with Crippen molar-refractivity contribution in [1.82, 2.24) is 19.5 Å². The van der Waals surface area contributed by atoms with Crippen molar-refractivity contribution in [2.24, 2.45) is 0 Å². The SMILES string of the molecule is N#Cc1c(NC(=O)c2ncccc2Cl)n(CCc2ccccc2)c2nc3ccccc3nc12. The lowest BCUT2D eigenvalue weighted by atomic mass is 10.1. The quantitative estimate of drug-likeness (QED) is 0.404. The maximum absolute atomic E-state index is 13.0. The Morgan fingerprint density at radius 3 is 2.45 bits per heavy atom. The van der Waals surface area contributed by atoms with Crippen LogP contribution in [0.15, 0.2) is 72.9 Å². The maximum Gasteiger partial charge on any atom is 0.276 e. The standard InChI is InChI=1S/C25H17ClN6O/c26-18-9-6-13-28-22(18)25(33)31-23-17(15-27)21-24(30-20-11-5-4-10-19(20)29-21)32(23)14-12-16-7-2-1-3-8-16/h1-11,13H,12,14H2,(H,31,33). The van der Waals surface area contributed by atoms with Crippen LogP contribution in [0.3, 0.4) is 0 Å². The molecule has 0 fully saturated rings. The van der Waals surface area contributed by atoms with Gasteiger partial charge in [-0.05, 0) is 36.2 Å². The Labute approximate surface area is 194 Å². The van der Waals surface area contributed by atoms with Gasteiger partial charge >= 0.3 is 0 Å². The normalized spacial score (nSPS) is 10.9. The Balaban J connectivity index is 1.66. The average molecular weight is 453 g/mol. The predicted octanol–water partition coefficient (Wildman–Crippen LogP) is 5.00. The number of carbonyl (C=O) groups excluding carboxylic acids is 1. The third-order valence-electron chi connectivity index (χ3n) is 5.34. The molecule has 0 unspecified atom stereocenters. The fourth-order valence-electron chi connectivity index (χ4n) is 3.76. The zero-order chi connectivity index (χ0) is 22.8. The number of carbonyl (C=O) groups is 1. The summed E-state index contributed by atoms with van der Waals surface area (Å²) in [6.07, 6.45) is 2.17. The Morgan fingerprint density at radius 1 is 1.00 bits per heavy atom. The highest BCUT2D eigenvalue weighted by molar-refractivity contribution is 6.34. The van der Waals surface area contributed by atoms with E-state index in [1.807, 2.05) is 59.2 Å². The molecule has 0 aliphatic rings. The summed E-state index contributed by atoms with van der Waals surface area (Å²) >= 11 is 6.17. The molecule has 160 valence electrons. The molecule has 3 heterocycles. The number of nitriles is 1. The zero-order valence-electron chi connectivity index (χ0n) is 17.4. The molecule has 5 rings (SSSR count). The van der Waals surface area contributed by atoms with Crippen LogP contribution in [0.1, 0.15) is 21.6 Å². The molecule has 0 saturated heterocycles. The minimum absolute atomic E-state index is 0.0778. The van der Waals surface area contributed by atoms with Crippen molar-refractivity contribution in [1.29, 1.82) is 5.26 Å². The van der Waals surface area contributed by atoms with Crippen LogP contribution in [0.5, 0.6) is 0 Å². The first-order chi connectivity index (χ1) is 16.2. The molecule has 5 aromatic rings. The molecule has 0 atom stereocenters. The van der Waals surface area contributed by atoms with E-state index in [1.165, 1.54) is 6.20 Å². The second-order valence-corrected chi connectivity index (χ2v) is 7.80. The molecule has 1 N–H and O–H groups in total. The molecular weight excluding hydrogens is 436 g/mol. The summed E-state index contributed by atoms with van der Waals surface area (Å²) in [5.74, 6) is -0.184. The monoisotopic (exact) mass is 452 g/mol. The van der Waals surface area contributed by atoms with Gasteiger partial charge in [0.15, 0.2) is 5.65 Å². The van der Waals surface area contributed by atoms with Gasteiger partial charge in [0.2, 0.25) is 0 Å². The van der Waals surface area contributed by atoms with Gasteiger partial charge < -0.3 is 9.88 Å². The van der Waals surface area contributed by atoms with Gasteiger partial charge in [-0.3, -0.25) is 4.79 Å². The van der Waals surface area contributed by atoms with E-state index in [4.69, 9.17) is 16.6 Å². The first kappa shape index (κ1) is 20.6. The lowest BCUT2D eigenvalue weighted by molar-refractivity contribution is 0.102. The van der Waals surface area contributed by atoms with Crippen molar-refractivity contribution in [2.75, 3.05) is 5.32 Å². The highest BCUT2D eigenvalue weighted by Crippen LogP contribution is 2.30. The smallest absolute Gasteiger partial charge is 0.276 e. The average Bonchev–Trinajstić information content (AvgIpc) is 3.13. The fraction of sp³-hybridized carbons (Fsp3) is 0.0800. The van der Waals surface area contributed by atoms with E-state index in [0.717, 1.165) is 5.56 Å². The van der Waals surface area contributed by atoms with E-state index in [2.05, 4.69) is 21.4 Å². The van der Waals surface area contributed by atoms with Gasteiger partial charge in [-0.25, -0.2) is 15.0 Å². The van der Waals surface area contributed by atoms with Crippen LogP contribution in [-0.2, 0) is 13.0 Å². The van der Waals surface area contributed by atoms with Crippen LogP contribution in [0.4, 0.5) is 5.82 Å². The molecule has 0 aliphatic heterocycles. The number of para-hydroxylation sites is 2. The van der Waals surface area contributed by atoms with Crippen LogP contribution < -0.4 is 5.32 Å². The summed E-state index contributed by atoms with van der Waals surface area (Å²) in [6, 6.07) is 22.9. The van der Waals surface area contributed by atoms with Gasteiger partial charge in [0.25, 0.3) is 5.91 Å². The maximum atomic E-state index is 13.0. The third-order valence-corrected chi connectivity index (χ3v) is 5.64. The Bertz CT molecular complexity index is 1540. The van der Waals surface area contributed by atoms with Crippen molar-refractivity contribution in [3.63, 3.8) is 0 Å². The highest BCUT2D eigenvalue weighted by Gasteiger charge is 2.23. The highest BCUT2D eigenvalue weighted by atomic mass is 35.5. The number of benzene rings is 2. The van der Waals surface area contributed by atoms with Crippen molar-refractivity contribution >= 4 is 45.5 Å². The topological polar surface area (TPSA) is 96.5 Å². The Kier molecular flexibility index (Phi) is 5.43. The molecule has 2 aromatic carbocycles. The number of amides is 1. The molecular formula is C25H17ClN6O. The van der Waals surface area contributed by atoms with E-state index in [0.29, 0.717) is 41.0 Å². The number of hydrogen-bond acceptors (Lipinski definition) is 5. The molecule has 0 saturated carbocycles. The number of anilines is 1. The molecule has 33 heavy (non-hydrogen) atoms. The number of hydrogen-bond donors (Lipinski definition) is 1. The first-order valence-corrected chi connectivity index (χ1v) is 10.7. The molecule has 1 amide bonds. The number of rotatable bonds is 5. The minimum atomic E-state index is -0.509. The number of aryl methyl sites for hydroxylation is 2. The van der Waals surface area contributed by atoms with Gasteiger partial charge in [-0.15, -0.1) is 0 Å². The summed E-state index contributed by atoms with van der Waals surface area (Å²) < 4.78 is 1.83. The van der Waals surface area contributed by atoms with Gasteiger partial charge in [0.1, 0.15) is 28.7 Å². The largest absolute Gasteiger partial charge is 0.309 e. The van der Waals surface area contributed by atoms with Crippen molar-refractivity contribution in [3.8, 4) is 6.07 Å². The fourth-order valence-corrected chi connectivity index (χ4v) is 3.97. The van der Waals surface area contributed by atoms with Gasteiger partial charge in [-0.2, -0.15) is 5.26 Å². The third kappa shape index (κ3) is 3.88. The van der Waals surface area contributed by atoms with Crippen molar-refractivity contribution < 1.29 is 4.79 Å². The zero-order valence-corrected chi connectivity index (χ0v) is 18.1. The van der Waals surface area contributed by atoms with E-state index in [9.17, 15) is 10.1 Å². The molecule has 0 spiro atoms. The van der Waals surface area contributed by atoms with Crippen molar-refractivity contribution in [3.05, 3.63) is 94.8 Å². The number of halogens is 1. The Hall–Kier alpha value is -4.28. The second kappa shape index (κ2) is 8.69. The van der Waals surface area contributed by atoms with Crippen LogP contribution in [0.25, 0.3) is 22.2 Å². The van der Waals surface area contributed by atoms with Gasteiger partial charge in [-0.1, -0.05) is 54.1 Å². The summed E-state index contributed by atoms with van der Waals surface area (Å²) in [4.78, 5) is 26.6. The summed E-state index contributed by atoms with van der Waals surface area (Å²) in [5.41, 5.74) is 3.80. The molecule has 3 aromatic heterocycles.